The first-order valence-electron chi connectivity index (χ1n) is 6.22. The monoisotopic (exact) mass is 360 g/mol. The highest BCUT2D eigenvalue weighted by Gasteiger charge is 2.31. The lowest BCUT2D eigenvalue weighted by molar-refractivity contribution is -0.274. The second-order valence-corrected chi connectivity index (χ2v) is 4.75. The van der Waals surface area contributed by atoms with E-state index < -0.39 is 24.0 Å². The van der Waals surface area contributed by atoms with Gasteiger partial charge in [-0.3, -0.25) is 4.79 Å². The maximum Gasteiger partial charge on any atom is 0.573 e. The number of carboxylic acid groups (broad SMARTS) is 1. The molecule has 1 amide bonds. The van der Waals surface area contributed by atoms with Crippen LogP contribution in [0.15, 0.2) is 36.5 Å². The van der Waals surface area contributed by atoms with E-state index in [-0.39, 0.29) is 22.0 Å². The van der Waals surface area contributed by atoms with E-state index in [0.717, 1.165) is 24.4 Å². The number of carbonyl (C=O) groups excluding carboxylic acids is 1. The van der Waals surface area contributed by atoms with E-state index in [1.807, 2.05) is 0 Å². The van der Waals surface area contributed by atoms with Gasteiger partial charge in [-0.1, -0.05) is 11.6 Å². The van der Waals surface area contributed by atoms with Crippen LogP contribution in [0.3, 0.4) is 0 Å². The molecule has 0 aliphatic rings. The van der Waals surface area contributed by atoms with E-state index in [2.05, 4.69) is 15.0 Å². The van der Waals surface area contributed by atoms with Crippen LogP contribution in [0, 0.1) is 0 Å². The fourth-order valence-corrected chi connectivity index (χ4v) is 1.85. The molecule has 10 heteroatoms. The molecule has 0 saturated heterocycles. The van der Waals surface area contributed by atoms with E-state index >= 15 is 0 Å². The number of hydrogen-bond acceptors (Lipinski definition) is 4. The first-order chi connectivity index (χ1) is 11.2. The highest BCUT2D eigenvalue weighted by Crippen LogP contribution is 2.24. The summed E-state index contributed by atoms with van der Waals surface area (Å²) in [5.74, 6) is -2.50. The Balaban J connectivity index is 2.12. The van der Waals surface area contributed by atoms with Crippen LogP contribution in [0.2, 0.25) is 5.15 Å². The third-order valence-corrected chi connectivity index (χ3v) is 2.98. The number of hydrogen-bond donors (Lipinski definition) is 2. The van der Waals surface area contributed by atoms with Crippen molar-refractivity contribution < 1.29 is 32.6 Å². The number of carboxylic acids is 1. The Labute approximate surface area is 137 Å². The van der Waals surface area contributed by atoms with Gasteiger partial charge in [0.1, 0.15) is 10.9 Å². The van der Waals surface area contributed by atoms with Crippen molar-refractivity contribution in [2.45, 2.75) is 6.36 Å². The normalized spacial score (nSPS) is 11.0. The van der Waals surface area contributed by atoms with E-state index in [9.17, 15) is 22.8 Å². The van der Waals surface area contributed by atoms with Crippen LogP contribution in [-0.2, 0) is 0 Å². The van der Waals surface area contributed by atoms with E-state index in [4.69, 9.17) is 16.7 Å². The van der Waals surface area contributed by atoms with Gasteiger partial charge in [-0.15, -0.1) is 13.2 Å². The van der Waals surface area contributed by atoms with Crippen molar-refractivity contribution >= 4 is 29.2 Å². The summed E-state index contributed by atoms with van der Waals surface area (Å²) in [5, 5.41) is 11.0. The molecule has 0 saturated carbocycles. The Morgan fingerprint density at radius 3 is 2.38 bits per heavy atom. The standard InChI is InChI=1S/C14H8ClF3N2O4/c15-11-10(13(22)23)5-7(6-19-11)12(21)20-8-1-3-9(4-2-8)24-14(16,17)18/h1-6H,(H,20,21)(H,22,23). The first kappa shape index (κ1) is 17.5. The second kappa shape index (κ2) is 6.75. The van der Waals surface area contributed by atoms with Crippen molar-refractivity contribution in [3.63, 3.8) is 0 Å². The number of halogens is 4. The molecular formula is C14H8ClF3N2O4. The summed E-state index contributed by atoms with van der Waals surface area (Å²) in [7, 11) is 0. The number of anilines is 1. The van der Waals surface area contributed by atoms with Gasteiger partial charge in [-0.25, -0.2) is 9.78 Å². The molecule has 0 spiro atoms. The summed E-state index contributed by atoms with van der Waals surface area (Å²) in [6.45, 7) is 0. The van der Waals surface area contributed by atoms with E-state index in [1.54, 1.807) is 0 Å². The van der Waals surface area contributed by atoms with Crippen molar-refractivity contribution in [2.75, 3.05) is 5.32 Å². The summed E-state index contributed by atoms with van der Waals surface area (Å²) >= 11 is 5.60. The number of amides is 1. The topological polar surface area (TPSA) is 88.5 Å². The molecule has 1 aromatic heterocycles. The van der Waals surface area contributed by atoms with Gasteiger partial charge in [0, 0.05) is 11.9 Å². The van der Waals surface area contributed by atoms with Crippen LogP contribution in [-0.4, -0.2) is 28.3 Å². The van der Waals surface area contributed by atoms with Gasteiger partial charge in [0.15, 0.2) is 0 Å². The van der Waals surface area contributed by atoms with E-state index in [1.165, 1.54) is 12.1 Å². The molecule has 0 fully saturated rings. The number of carbonyl (C=O) groups is 2. The molecule has 126 valence electrons. The van der Waals surface area contributed by atoms with Crippen LogP contribution in [0.25, 0.3) is 0 Å². The quantitative estimate of drug-likeness (QED) is 0.813. The van der Waals surface area contributed by atoms with E-state index in [0.29, 0.717) is 0 Å². The minimum atomic E-state index is -4.81. The highest BCUT2D eigenvalue weighted by atomic mass is 35.5. The largest absolute Gasteiger partial charge is 0.573 e. The van der Waals surface area contributed by atoms with Gasteiger partial charge in [-0.2, -0.15) is 0 Å². The fraction of sp³-hybridized carbons (Fsp3) is 0.0714. The molecule has 2 N–H and O–H groups in total. The number of aromatic carboxylic acids is 1. The van der Waals surface area contributed by atoms with Gasteiger partial charge < -0.3 is 15.2 Å². The lowest BCUT2D eigenvalue weighted by Crippen LogP contribution is -2.17. The Bertz CT molecular complexity index is 779. The number of alkyl halides is 3. The predicted octanol–water partition coefficient (Wildman–Crippen LogP) is 3.58. The maximum atomic E-state index is 12.1. The molecule has 0 atom stereocenters. The highest BCUT2D eigenvalue weighted by molar-refractivity contribution is 6.32. The molecule has 2 aromatic rings. The Kier molecular flexibility index (Phi) is 4.93. The minimum Gasteiger partial charge on any atom is -0.478 e. The third kappa shape index (κ3) is 4.59. The zero-order valence-electron chi connectivity index (χ0n) is 11.6. The average molecular weight is 361 g/mol. The molecule has 0 aliphatic carbocycles. The Morgan fingerprint density at radius 1 is 1.21 bits per heavy atom. The number of rotatable bonds is 4. The van der Waals surface area contributed by atoms with Crippen LogP contribution in [0.4, 0.5) is 18.9 Å². The average Bonchev–Trinajstić information content (AvgIpc) is 2.48. The van der Waals surface area contributed by atoms with Gasteiger partial charge in [0.05, 0.1) is 11.1 Å². The number of pyridine rings is 1. The summed E-state index contributed by atoms with van der Waals surface area (Å²) in [4.78, 5) is 26.6. The fourth-order valence-electron chi connectivity index (χ4n) is 1.67. The molecule has 0 bridgehead atoms. The molecule has 0 radical (unpaired) electrons. The number of nitrogens with one attached hydrogen (secondary N) is 1. The number of aromatic nitrogens is 1. The number of benzene rings is 1. The van der Waals surface area contributed by atoms with Crippen LogP contribution < -0.4 is 10.1 Å². The van der Waals surface area contributed by atoms with Crippen LogP contribution in [0.5, 0.6) is 5.75 Å². The number of nitrogens with zero attached hydrogens (tertiary/aromatic N) is 1. The predicted molar refractivity (Wildman–Crippen MR) is 77.3 cm³/mol. The molecule has 0 unspecified atom stereocenters. The Hall–Kier alpha value is -2.81. The lowest BCUT2D eigenvalue weighted by atomic mass is 10.2. The molecule has 1 aromatic carbocycles. The van der Waals surface area contributed by atoms with Gasteiger partial charge in [0.25, 0.3) is 5.91 Å². The third-order valence-electron chi connectivity index (χ3n) is 2.68. The molecule has 24 heavy (non-hydrogen) atoms. The van der Waals surface area contributed by atoms with Gasteiger partial charge >= 0.3 is 12.3 Å². The smallest absolute Gasteiger partial charge is 0.478 e. The van der Waals surface area contributed by atoms with Crippen molar-refractivity contribution in [1.29, 1.82) is 0 Å². The second-order valence-electron chi connectivity index (χ2n) is 4.39. The SMILES string of the molecule is O=C(Nc1ccc(OC(F)(F)F)cc1)c1cnc(Cl)c(C(=O)O)c1. The lowest BCUT2D eigenvalue weighted by Gasteiger charge is -2.10. The summed E-state index contributed by atoms with van der Waals surface area (Å²) in [5.41, 5.74) is -0.244. The summed E-state index contributed by atoms with van der Waals surface area (Å²) in [6.07, 6.45) is -3.74. The Morgan fingerprint density at radius 2 is 1.83 bits per heavy atom. The molecular weight excluding hydrogens is 353 g/mol. The first-order valence-corrected chi connectivity index (χ1v) is 6.59. The van der Waals surface area contributed by atoms with Gasteiger partial charge in [0.2, 0.25) is 0 Å². The number of ether oxygens (including phenoxy) is 1. The van der Waals surface area contributed by atoms with Crippen molar-refractivity contribution in [3.05, 3.63) is 52.8 Å². The van der Waals surface area contributed by atoms with Gasteiger partial charge in [-0.05, 0) is 30.3 Å². The maximum absolute atomic E-state index is 12.1. The molecule has 6 nitrogen and oxygen atoms in total. The summed E-state index contributed by atoms with van der Waals surface area (Å²) in [6, 6.07) is 5.47. The minimum absolute atomic E-state index is 0.0765. The van der Waals surface area contributed by atoms with Crippen LogP contribution in [0.1, 0.15) is 20.7 Å². The van der Waals surface area contributed by atoms with Crippen molar-refractivity contribution in [3.8, 4) is 5.75 Å². The molecule has 1 heterocycles. The zero-order valence-corrected chi connectivity index (χ0v) is 12.4. The van der Waals surface area contributed by atoms with Crippen molar-refractivity contribution in [1.82, 2.24) is 4.98 Å². The molecule has 0 aliphatic heterocycles. The zero-order chi connectivity index (χ0) is 17.9. The van der Waals surface area contributed by atoms with Crippen LogP contribution >= 0.6 is 11.6 Å². The van der Waals surface area contributed by atoms with Crippen molar-refractivity contribution in [2.24, 2.45) is 0 Å². The molecule has 2 rings (SSSR count). The summed E-state index contributed by atoms with van der Waals surface area (Å²) < 4.78 is 39.9.